The molecule has 26 heavy (non-hydrogen) atoms. The number of aromatic nitrogens is 2. The summed E-state index contributed by atoms with van der Waals surface area (Å²) in [5, 5.41) is 2.55. The Morgan fingerprint density at radius 1 is 1.19 bits per heavy atom. The number of amides is 1. The topological polar surface area (TPSA) is 73.2 Å². The highest BCUT2D eigenvalue weighted by atomic mass is 19.3. The number of imidazole rings is 1. The second kappa shape index (κ2) is 7.30. The van der Waals surface area contributed by atoms with Crippen molar-refractivity contribution in [1.82, 2.24) is 9.55 Å². The lowest BCUT2D eigenvalue weighted by molar-refractivity contribution is -0.114. The molecule has 0 unspecified atom stereocenters. The largest absolute Gasteiger partial charge is 0.454 e. The number of esters is 1. The smallest absolute Gasteiger partial charge is 0.338 e. The molecule has 134 valence electrons. The highest BCUT2D eigenvalue weighted by molar-refractivity contribution is 5.93. The number of benzene rings is 2. The van der Waals surface area contributed by atoms with Crippen molar-refractivity contribution >= 4 is 28.6 Å². The van der Waals surface area contributed by atoms with Crippen molar-refractivity contribution in [2.24, 2.45) is 0 Å². The van der Waals surface area contributed by atoms with Crippen LogP contribution in [0.5, 0.6) is 0 Å². The highest BCUT2D eigenvalue weighted by Crippen LogP contribution is 2.23. The number of nitrogens with one attached hydrogen (secondary N) is 1. The fraction of sp³-hybridized carbons (Fsp3) is 0.167. The molecule has 0 saturated carbocycles. The van der Waals surface area contributed by atoms with Gasteiger partial charge < -0.3 is 10.1 Å². The summed E-state index contributed by atoms with van der Waals surface area (Å²) >= 11 is 0. The molecule has 3 aromatic rings. The van der Waals surface area contributed by atoms with Gasteiger partial charge in [0, 0.05) is 12.6 Å². The van der Waals surface area contributed by atoms with Crippen LogP contribution in [0, 0.1) is 0 Å². The maximum Gasteiger partial charge on any atom is 0.338 e. The zero-order valence-corrected chi connectivity index (χ0v) is 13.8. The Bertz CT molecular complexity index is 969. The molecule has 2 aromatic carbocycles. The van der Waals surface area contributed by atoms with E-state index in [1.165, 1.54) is 25.1 Å². The number of ether oxygens (including phenoxy) is 1. The summed E-state index contributed by atoms with van der Waals surface area (Å²) in [7, 11) is 0. The maximum atomic E-state index is 13.4. The zero-order valence-electron chi connectivity index (χ0n) is 13.8. The third-order valence-electron chi connectivity index (χ3n) is 3.62. The fourth-order valence-electron chi connectivity index (χ4n) is 2.55. The number of nitrogens with zero attached hydrogens (tertiary/aromatic N) is 2. The van der Waals surface area contributed by atoms with Crippen molar-refractivity contribution in [3.8, 4) is 0 Å². The summed E-state index contributed by atoms with van der Waals surface area (Å²) in [6, 6.07) is 12.6. The first-order valence-corrected chi connectivity index (χ1v) is 7.74. The van der Waals surface area contributed by atoms with Crippen LogP contribution in [-0.4, -0.2) is 21.4 Å². The Hall–Kier alpha value is -3.29. The van der Waals surface area contributed by atoms with Crippen LogP contribution in [0.2, 0.25) is 0 Å². The molecule has 0 aliphatic heterocycles. The lowest BCUT2D eigenvalue weighted by Crippen LogP contribution is -2.11. The molecule has 0 fully saturated rings. The second-order valence-electron chi connectivity index (χ2n) is 5.50. The normalized spacial score (nSPS) is 10.9. The molecule has 8 heteroatoms. The molecular weight excluding hydrogens is 344 g/mol. The van der Waals surface area contributed by atoms with Gasteiger partial charge in [-0.25, -0.2) is 9.78 Å². The van der Waals surface area contributed by atoms with Gasteiger partial charge >= 0.3 is 12.5 Å². The van der Waals surface area contributed by atoms with Crippen molar-refractivity contribution < 1.29 is 23.1 Å². The van der Waals surface area contributed by atoms with E-state index in [-0.39, 0.29) is 22.8 Å². The summed E-state index contributed by atoms with van der Waals surface area (Å²) in [5.41, 5.74) is 1.29. The van der Waals surface area contributed by atoms with Crippen molar-refractivity contribution in [1.29, 1.82) is 0 Å². The minimum absolute atomic E-state index is 0.0486. The average molecular weight is 359 g/mol. The van der Waals surface area contributed by atoms with Crippen LogP contribution in [0.15, 0.2) is 48.5 Å². The van der Waals surface area contributed by atoms with E-state index in [1.54, 1.807) is 30.3 Å². The van der Waals surface area contributed by atoms with Crippen LogP contribution in [0.3, 0.4) is 0 Å². The SMILES string of the molecule is CC(=O)Nc1cccc(C(=O)OCc2nc3ccccc3n2C(F)F)c1. The lowest BCUT2D eigenvalue weighted by Gasteiger charge is -2.09. The van der Waals surface area contributed by atoms with E-state index in [0.29, 0.717) is 11.2 Å². The third kappa shape index (κ3) is 3.69. The van der Waals surface area contributed by atoms with E-state index in [0.717, 1.165) is 4.57 Å². The molecule has 1 heterocycles. The van der Waals surface area contributed by atoms with Crippen LogP contribution >= 0.6 is 0 Å². The number of carbonyl (C=O) groups is 2. The Kier molecular flexibility index (Phi) is 4.92. The van der Waals surface area contributed by atoms with Gasteiger partial charge in [0.15, 0.2) is 5.82 Å². The van der Waals surface area contributed by atoms with Gasteiger partial charge in [0.25, 0.3) is 0 Å². The first kappa shape index (κ1) is 17.5. The number of halogens is 2. The lowest BCUT2D eigenvalue weighted by atomic mass is 10.2. The van der Waals surface area contributed by atoms with Gasteiger partial charge in [0.05, 0.1) is 16.6 Å². The first-order chi connectivity index (χ1) is 12.5. The minimum Gasteiger partial charge on any atom is -0.454 e. The number of rotatable bonds is 5. The average Bonchev–Trinajstić information content (AvgIpc) is 2.98. The van der Waals surface area contributed by atoms with Gasteiger partial charge in [-0.2, -0.15) is 8.78 Å². The number of alkyl halides is 2. The number of anilines is 1. The summed E-state index contributed by atoms with van der Waals surface area (Å²) in [5.74, 6) is -1.03. The minimum atomic E-state index is -2.81. The second-order valence-corrected chi connectivity index (χ2v) is 5.50. The number of para-hydroxylation sites is 2. The highest BCUT2D eigenvalue weighted by Gasteiger charge is 2.19. The number of carbonyl (C=O) groups excluding carboxylic acids is 2. The monoisotopic (exact) mass is 359 g/mol. The molecule has 0 atom stereocenters. The summed E-state index contributed by atoms with van der Waals surface area (Å²) in [6.45, 7) is -1.86. The number of hydrogen-bond donors (Lipinski definition) is 1. The van der Waals surface area contributed by atoms with Crippen LogP contribution in [0.1, 0.15) is 29.7 Å². The van der Waals surface area contributed by atoms with Crippen LogP contribution < -0.4 is 5.32 Å². The van der Waals surface area contributed by atoms with Gasteiger partial charge in [-0.05, 0) is 30.3 Å². The van der Waals surface area contributed by atoms with Crippen molar-refractivity contribution in [3.63, 3.8) is 0 Å². The Balaban J connectivity index is 1.79. The molecule has 0 bridgehead atoms. The molecule has 1 amide bonds. The van der Waals surface area contributed by atoms with Crippen LogP contribution in [0.4, 0.5) is 14.5 Å². The Labute approximate surface area is 147 Å². The van der Waals surface area contributed by atoms with Gasteiger partial charge in [0.1, 0.15) is 6.61 Å². The molecule has 3 rings (SSSR count). The molecule has 0 aliphatic carbocycles. The van der Waals surface area contributed by atoms with Gasteiger partial charge in [0.2, 0.25) is 5.91 Å². The quantitative estimate of drug-likeness (QED) is 0.704. The summed E-state index contributed by atoms with van der Waals surface area (Å²) in [6.07, 6.45) is 0. The zero-order chi connectivity index (χ0) is 18.7. The maximum absolute atomic E-state index is 13.4. The standard InChI is InChI=1S/C18H15F2N3O3/c1-11(24)21-13-6-4-5-12(9-13)17(25)26-10-16-22-14-7-2-3-8-15(14)23(16)18(19)20/h2-9,18H,10H2,1H3,(H,21,24). The van der Waals surface area contributed by atoms with E-state index in [1.807, 2.05) is 0 Å². The van der Waals surface area contributed by atoms with E-state index in [2.05, 4.69) is 10.3 Å². The van der Waals surface area contributed by atoms with Crippen LogP contribution in [0.25, 0.3) is 11.0 Å². The summed E-state index contributed by atoms with van der Waals surface area (Å²) in [4.78, 5) is 27.4. The van der Waals surface area contributed by atoms with Crippen molar-refractivity contribution in [3.05, 3.63) is 59.9 Å². The molecule has 0 radical (unpaired) electrons. The van der Waals surface area contributed by atoms with Crippen molar-refractivity contribution in [2.45, 2.75) is 20.1 Å². The van der Waals surface area contributed by atoms with Crippen molar-refractivity contribution in [2.75, 3.05) is 5.32 Å². The molecule has 0 aliphatic rings. The Morgan fingerprint density at radius 2 is 1.96 bits per heavy atom. The van der Waals surface area contributed by atoms with Gasteiger partial charge in [-0.3, -0.25) is 9.36 Å². The molecule has 6 nitrogen and oxygen atoms in total. The molecule has 1 N–H and O–H groups in total. The number of fused-ring (bicyclic) bond motifs is 1. The van der Waals surface area contributed by atoms with E-state index >= 15 is 0 Å². The summed E-state index contributed by atoms with van der Waals surface area (Å²) < 4.78 is 32.6. The molecule has 1 aromatic heterocycles. The van der Waals surface area contributed by atoms with Gasteiger partial charge in [-0.15, -0.1) is 0 Å². The predicted molar refractivity (Wildman–Crippen MR) is 90.9 cm³/mol. The molecule has 0 spiro atoms. The number of hydrogen-bond acceptors (Lipinski definition) is 4. The molecular formula is C18H15F2N3O3. The molecule has 0 saturated heterocycles. The third-order valence-corrected chi connectivity index (χ3v) is 3.62. The fourth-order valence-corrected chi connectivity index (χ4v) is 2.55. The van der Waals surface area contributed by atoms with E-state index in [4.69, 9.17) is 4.74 Å². The Morgan fingerprint density at radius 3 is 2.69 bits per heavy atom. The van der Waals surface area contributed by atoms with E-state index < -0.39 is 19.1 Å². The van der Waals surface area contributed by atoms with Gasteiger partial charge in [-0.1, -0.05) is 18.2 Å². The predicted octanol–water partition coefficient (Wildman–Crippen LogP) is 3.75. The van der Waals surface area contributed by atoms with E-state index in [9.17, 15) is 18.4 Å². The van der Waals surface area contributed by atoms with Crippen LogP contribution in [-0.2, 0) is 16.1 Å². The first-order valence-electron chi connectivity index (χ1n) is 7.74.